The number of hydrogen-bond donors (Lipinski definition) is 2. The third-order valence-corrected chi connectivity index (χ3v) is 4.84. The van der Waals surface area contributed by atoms with E-state index in [0.717, 1.165) is 0 Å². The molecule has 0 aromatic heterocycles. The van der Waals surface area contributed by atoms with E-state index >= 15 is 0 Å². The normalized spacial score (nSPS) is 10.3. The van der Waals surface area contributed by atoms with Crippen LogP contribution in [0, 0.1) is 0 Å². The van der Waals surface area contributed by atoms with Gasteiger partial charge in [-0.15, -0.1) is 38.2 Å². The average Bonchev–Trinajstić information content (AvgIpc) is 2.74. The van der Waals surface area contributed by atoms with Gasteiger partial charge in [-0.3, -0.25) is 0 Å². The Morgan fingerprint density at radius 2 is 0.839 bits per heavy atom. The number of carbonyl (C=O) groups excluding carboxylic acids is 3. The second-order valence-corrected chi connectivity index (χ2v) is 7.73. The molecule has 172 valence electrons. The Labute approximate surface area is 181 Å². The van der Waals surface area contributed by atoms with Crippen molar-refractivity contribution >= 4 is 34.2 Å². The lowest BCUT2D eigenvalue weighted by Gasteiger charge is -2.12. The smallest absolute Gasteiger partial charge is 0.242 e. The Kier molecular flexibility index (Phi) is 17.1. The highest BCUT2D eigenvalue weighted by Crippen LogP contribution is 2.59. The minimum atomic E-state index is -4.45. The topological polar surface area (TPSA) is 147 Å². The van der Waals surface area contributed by atoms with Gasteiger partial charge in [0.15, 0.2) is 0 Å². The van der Waals surface area contributed by atoms with Crippen molar-refractivity contribution in [1.29, 1.82) is 0 Å². The molecule has 0 aliphatic heterocycles. The van der Waals surface area contributed by atoms with Crippen molar-refractivity contribution in [2.45, 2.75) is 0 Å². The van der Waals surface area contributed by atoms with E-state index in [0.29, 0.717) is 18.2 Å². The van der Waals surface area contributed by atoms with Crippen molar-refractivity contribution in [2.75, 3.05) is 19.8 Å². The molecule has 2 N–H and O–H groups in total. The minimum Gasteiger partial charge on any atom is -0.242 e. The molecule has 0 heterocycles. The van der Waals surface area contributed by atoms with Gasteiger partial charge in [-0.05, 0) is 0 Å². The Morgan fingerprint density at radius 3 is 1.03 bits per heavy atom. The highest BCUT2D eigenvalue weighted by Gasteiger charge is 2.54. The van der Waals surface area contributed by atoms with E-state index in [-0.39, 0.29) is 19.8 Å². The summed E-state index contributed by atoms with van der Waals surface area (Å²) in [6, 6.07) is 0. The van der Waals surface area contributed by atoms with Crippen molar-refractivity contribution in [3.8, 4) is 0 Å². The highest BCUT2D eigenvalue weighted by molar-refractivity contribution is 7.57. The summed E-state index contributed by atoms with van der Waals surface area (Å²) in [5, 5.41) is 0. The van der Waals surface area contributed by atoms with Crippen LogP contribution in [0.2, 0.25) is 0 Å². The fourth-order valence-electron chi connectivity index (χ4n) is 1.06. The van der Waals surface area contributed by atoms with E-state index in [1.165, 1.54) is 18.2 Å². The standard InChI is InChI=1S/C9H10O7P.C9H16O4P/c1-4-7(10)14-17(13,15-8(11)5-2)16-9(12)6-3;1-4-7-11-14(10,12-8-5-2)13-9-6-3/h4-6,13H,1-3H2;4-6,10H,1-3,7-9H2/q2*+1. The summed E-state index contributed by atoms with van der Waals surface area (Å²) in [6.45, 7) is 20.0. The van der Waals surface area contributed by atoms with E-state index in [2.05, 4.69) is 53.0 Å². The highest BCUT2D eigenvalue weighted by atomic mass is 31.2. The molecule has 11 nitrogen and oxygen atoms in total. The molecular formula is C18H26O11P2+2. The van der Waals surface area contributed by atoms with Gasteiger partial charge >= 0.3 is 34.2 Å². The molecule has 0 fully saturated rings. The molecule has 0 spiro atoms. The summed E-state index contributed by atoms with van der Waals surface area (Å²) in [6.07, 6.45) is 6.57. The van der Waals surface area contributed by atoms with E-state index in [1.807, 2.05) is 0 Å². The Morgan fingerprint density at radius 1 is 0.581 bits per heavy atom. The van der Waals surface area contributed by atoms with Crippen LogP contribution in [0.15, 0.2) is 75.9 Å². The Bertz CT molecular complexity index is 589. The molecule has 0 atom stereocenters. The number of rotatable bonds is 15. The molecule has 0 aliphatic rings. The molecule has 0 amide bonds. The van der Waals surface area contributed by atoms with Crippen LogP contribution in [0.4, 0.5) is 0 Å². The lowest BCUT2D eigenvalue weighted by Crippen LogP contribution is -2.15. The second kappa shape index (κ2) is 17.2. The molecule has 31 heavy (non-hydrogen) atoms. The van der Waals surface area contributed by atoms with Crippen LogP contribution in [-0.4, -0.2) is 47.5 Å². The van der Waals surface area contributed by atoms with Crippen molar-refractivity contribution in [1.82, 2.24) is 0 Å². The van der Waals surface area contributed by atoms with Crippen LogP contribution in [0.3, 0.4) is 0 Å². The molecule has 0 saturated carbocycles. The van der Waals surface area contributed by atoms with E-state index in [1.54, 1.807) is 0 Å². The third kappa shape index (κ3) is 15.9. The van der Waals surface area contributed by atoms with Gasteiger partial charge in [-0.1, -0.05) is 38.0 Å². The van der Waals surface area contributed by atoms with Crippen molar-refractivity contribution < 1.29 is 51.3 Å². The summed E-state index contributed by atoms with van der Waals surface area (Å²) < 4.78 is 27.8. The van der Waals surface area contributed by atoms with Gasteiger partial charge in [0, 0.05) is 18.2 Å². The Balaban J connectivity index is 0. The molecular weight excluding hydrogens is 454 g/mol. The van der Waals surface area contributed by atoms with Gasteiger partial charge in [0.05, 0.1) is 0 Å². The number of hydrogen-bond acceptors (Lipinski definition) is 11. The molecule has 0 unspecified atom stereocenters. The maximum absolute atomic E-state index is 10.9. The first kappa shape index (κ1) is 30.7. The molecule has 13 heteroatoms. The van der Waals surface area contributed by atoms with Gasteiger partial charge in [0.1, 0.15) is 19.8 Å². The largest absolute Gasteiger partial charge is 0.724 e. The summed E-state index contributed by atoms with van der Waals surface area (Å²) in [7, 11) is -7.68. The predicted octanol–water partition coefficient (Wildman–Crippen LogP) is 3.11. The van der Waals surface area contributed by atoms with Crippen molar-refractivity contribution in [3.63, 3.8) is 0 Å². The summed E-state index contributed by atoms with van der Waals surface area (Å²) in [4.78, 5) is 51.8. The Hall–Kier alpha value is -2.49. The summed E-state index contributed by atoms with van der Waals surface area (Å²) in [5.41, 5.74) is 0. The first-order valence-corrected chi connectivity index (χ1v) is 11.1. The maximum Gasteiger partial charge on any atom is 0.724 e. The van der Waals surface area contributed by atoms with E-state index in [9.17, 15) is 24.2 Å². The average molecular weight is 480 g/mol. The fourth-order valence-corrected chi connectivity index (χ4v) is 3.18. The number of carbonyl (C=O) groups is 3. The van der Waals surface area contributed by atoms with E-state index in [4.69, 9.17) is 13.6 Å². The molecule has 0 aromatic rings. The van der Waals surface area contributed by atoms with Gasteiger partial charge in [0.25, 0.3) is 0 Å². The summed E-state index contributed by atoms with van der Waals surface area (Å²) in [5.74, 6) is -3.39. The molecule has 0 radical (unpaired) electrons. The minimum absolute atomic E-state index is 0.165. The van der Waals surface area contributed by atoms with E-state index < -0.39 is 34.2 Å². The molecule has 0 bridgehead atoms. The van der Waals surface area contributed by atoms with Crippen LogP contribution in [0.1, 0.15) is 0 Å². The SMILES string of the molecule is C=CC(=O)O[P+](O)(OC(=O)C=C)OC(=O)C=C.C=CCO[P+](O)(OCC=C)OCC=C. The molecule has 0 saturated heterocycles. The van der Waals surface area contributed by atoms with Gasteiger partial charge < -0.3 is 0 Å². The van der Waals surface area contributed by atoms with Gasteiger partial charge in [-0.2, -0.15) is 4.89 Å². The second-order valence-electron chi connectivity index (χ2n) is 4.53. The third-order valence-electron chi connectivity index (χ3n) is 2.18. The fraction of sp³-hybridized carbons (Fsp3) is 0.167. The van der Waals surface area contributed by atoms with Crippen LogP contribution in [0.25, 0.3) is 0 Å². The van der Waals surface area contributed by atoms with Crippen molar-refractivity contribution in [2.24, 2.45) is 0 Å². The van der Waals surface area contributed by atoms with Crippen LogP contribution in [0.5, 0.6) is 0 Å². The zero-order chi connectivity index (χ0) is 24.3. The first-order valence-electron chi connectivity index (χ1n) is 8.13. The summed E-state index contributed by atoms with van der Waals surface area (Å²) >= 11 is 0. The zero-order valence-corrected chi connectivity index (χ0v) is 18.6. The molecule has 0 aliphatic carbocycles. The lowest BCUT2D eigenvalue weighted by molar-refractivity contribution is -0.140. The molecule has 0 aromatic carbocycles. The zero-order valence-electron chi connectivity index (χ0n) is 16.8. The monoisotopic (exact) mass is 480 g/mol. The van der Waals surface area contributed by atoms with Crippen LogP contribution >= 0.6 is 16.3 Å². The van der Waals surface area contributed by atoms with Gasteiger partial charge in [-0.25, -0.2) is 28.0 Å². The predicted molar refractivity (Wildman–Crippen MR) is 116 cm³/mol. The van der Waals surface area contributed by atoms with Gasteiger partial charge in [0.2, 0.25) is 0 Å². The van der Waals surface area contributed by atoms with Crippen molar-refractivity contribution in [3.05, 3.63) is 75.9 Å². The molecule has 0 rings (SSSR count). The lowest BCUT2D eigenvalue weighted by atomic mass is 10.7. The van der Waals surface area contributed by atoms with Crippen LogP contribution < -0.4 is 0 Å². The quantitative estimate of drug-likeness (QED) is 0.202. The van der Waals surface area contributed by atoms with Crippen LogP contribution in [-0.2, 0) is 41.5 Å². The maximum atomic E-state index is 10.9. The first-order chi connectivity index (χ1) is 14.5.